The normalized spacial score (nSPS) is 16.1. The van der Waals surface area contributed by atoms with Crippen LogP contribution in [0.2, 0.25) is 5.02 Å². The SMILES string of the molecule is Cc1cc(-n2cc(F)cn2)c2cccc(OCc3c(Cl)cc(F)cc3[C@H](C)NC(=O)[C@@H]3CCC(=O)C3)c2n1. The Kier molecular flexibility index (Phi) is 7.12. The number of benzene rings is 2. The van der Waals surface area contributed by atoms with Crippen LogP contribution in [0.5, 0.6) is 5.75 Å². The first-order valence-corrected chi connectivity index (χ1v) is 12.6. The summed E-state index contributed by atoms with van der Waals surface area (Å²) in [6.07, 6.45) is 3.54. The third kappa shape index (κ3) is 5.24. The number of halogens is 3. The molecule has 0 saturated heterocycles. The molecular weight excluding hydrogens is 514 g/mol. The lowest BCUT2D eigenvalue weighted by Gasteiger charge is -2.21. The molecule has 5 rings (SSSR count). The van der Waals surface area contributed by atoms with Crippen LogP contribution in [0.3, 0.4) is 0 Å². The van der Waals surface area contributed by atoms with Crippen molar-refractivity contribution in [3.05, 3.63) is 82.3 Å². The van der Waals surface area contributed by atoms with Gasteiger partial charge in [-0.25, -0.2) is 18.4 Å². The minimum absolute atomic E-state index is 0.0168. The van der Waals surface area contributed by atoms with Crippen LogP contribution in [-0.2, 0) is 16.2 Å². The Morgan fingerprint density at radius 1 is 1.26 bits per heavy atom. The Balaban J connectivity index is 1.44. The maximum atomic E-state index is 14.4. The van der Waals surface area contributed by atoms with E-state index in [0.29, 0.717) is 52.0 Å². The van der Waals surface area contributed by atoms with Gasteiger partial charge in [0.15, 0.2) is 5.82 Å². The first-order chi connectivity index (χ1) is 18.2. The monoisotopic (exact) mass is 538 g/mol. The van der Waals surface area contributed by atoms with Crippen LogP contribution in [0.1, 0.15) is 49.0 Å². The second-order valence-electron chi connectivity index (χ2n) is 9.49. The number of pyridine rings is 1. The number of aromatic nitrogens is 3. The number of hydrogen-bond acceptors (Lipinski definition) is 5. The zero-order chi connectivity index (χ0) is 27.0. The van der Waals surface area contributed by atoms with E-state index in [9.17, 15) is 18.4 Å². The van der Waals surface area contributed by atoms with Crippen molar-refractivity contribution in [1.29, 1.82) is 0 Å². The van der Waals surface area contributed by atoms with E-state index in [2.05, 4.69) is 15.4 Å². The number of amides is 1. The number of carbonyl (C=O) groups is 2. The molecule has 1 aliphatic carbocycles. The van der Waals surface area contributed by atoms with Gasteiger partial charge in [-0.3, -0.25) is 9.59 Å². The Morgan fingerprint density at radius 3 is 2.79 bits per heavy atom. The van der Waals surface area contributed by atoms with Crippen LogP contribution >= 0.6 is 11.6 Å². The first kappa shape index (κ1) is 25.8. The second-order valence-corrected chi connectivity index (χ2v) is 9.90. The predicted octanol–water partition coefficient (Wildman–Crippen LogP) is 5.79. The van der Waals surface area contributed by atoms with Crippen LogP contribution in [0, 0.1) is 24.5 Å². The lowest BCUT2D eigenvalue weighted by atomic mass is 10.00. The molecule has 2 aromatic carbocycles. The van der Waals surface area contributed by atoms with Gasteiger partial charge in [-0.05, 0) is 50.1 Å². The van der Waals surface area contributed by atoms with Gasteiger partial charge in [0.05, 0.1) is 29.1 Å². The number of carbonyl (C=O) groups excluding carboxylic acids is 2. The number of hydrogen-bond donors (Lipinski definition) is 1. The Labute approximate surface area is 222 Å². The molecule has 0 unspecified atom stereocenters. The first-order valence-electron chi connectivity index (χ1n) is 12.2. The largest absolute Gasteiger partial charge is 0.487 e. The summed E-state index contributed by atoms with van der Waals surface area (Å²) in [5.41, 5.74) is 2.86. The Morgan fingerprint density at radius 2 is 2.08 bits per heavy atom. The molecule has 1 saturated carbocycles. The van der Waals surface area contributed by atoms with Gasteiger partial charge in [-0.2, -0.15) is 5.10 Å². The molecule has 7 nitrogen and oxygen atoms in total. The van der Waals surface area contributed by atoms with Crippen molar-refractivity contribution in [3.8, 4) is 11.4 Å². The summed E-state index contributed by atoms with van der Waals surface area (Å²) in [6, 6.07) is 9.13. The molecule has 2 atom stereocenters. The van der Waals surface area contributed by atoms with Gasteiger partial charge in [0, 0.05) is 35.4 Å². The van der Waals surface area contributed by atoms with E-state index in [1.165, 1.54) is 23.0 Å². The summed E-state index contributed by atoms with van der Waals surface area (Å²) in [4.78, 5) is 28.9. The number of ether oxygens (including phenoxy) is 1. The lowest BCUT2D eigenvalue weighted by Crippen LogP contribution is -2.32. The summed E-state index contributed by atoms with van der Waals surface area (Å²) < 4.78 is 35.6. The molecule has 0 spiro atoms. The average molecular weight is 539 g/mol. The van der Waals surface area contributed by atoms with Crippen molar-refractivity contribution in [2.45, 2.75) is 45.8 Å². The highest BCUT2D eigenvalue weighted by molar-refractivity contribution is 6.31. The van der Waals surface area contributed by atoms with Gasteiger partial charge in [0.25, 0.3) is 0 Å². The van der Waals surface area contributed by atoms with Gasteiger partial charge in [-0.15, -0.1) is 0 Å². The number of fused-ring (bicyclic) bond motifs is 1. The molecule has 10 heteroatoms. The fourth-order valence-electron chi connectivity index (χ4n) is 4.83. The summed E-state index contributed by atoms with van der Waals surface area (Å²) in [6.45, 7) is 3.54. The van der Waals surface area contributed by atoms with Gasteiger partial charge < -0.3 is 10.1 Å². The molecule has 2 aromatic heterocycles. The van der Waals surface area contributed by atoms with Crippen molar-refractivity contribution in [1.82, 2.24) is 20.1 Å². The number of para-hydroxylation sites is 1. The van der Waals surface area contributed by atoms with E-state index >= 15 is 0 Å². The van der Waals surface area contributed by atoms with Crippen molar-refractivity contribution in [2.24, 2.45) is 5.92 Å². The quantitative estimate of drug-likeness (QED) is 0.322. The second kappa shape index (κ2) is 10.5. The van der Waals surface area contributed by atoms with Crippen molar-refractivity contribution in [2.75, 3.05) is 0 Å². The molecule has 0 aliphatic heterocycles. The molecule has 196 valence electrons. The maximum absolute atomic E-state index is 14.4. The fraction of sp³-hybridized carbons (Fsp3) is 0.286. The van der Waals surface area contributed by atoms with Crippen LogP contribution < -0.4 is 10.1 Å². The van der Waals surface area contributed by atoms with E-state index in [-0.39, 0.29) is 35.7 Å². The molecule has 1 fully saturated rings. The van der Waals surface area contributed by atoms with Crippen LogP contribution in [0.25, 0.3) is 16.6 Å². The van der Waals surface area contributed by atoms with E-state index in [4.69, 9.17) is 16.3 Å². The molecule has 0 radical (unpaired) electrons. The zero-order valence-corrected chi connectivity index (χ0v) is 21.6. The molecule has 38 heavy (non-hydrogen) atoms. The Hall–Kier alpha value is -3.85. The number of rotatable bonds is 7. The van der Waals surface area contributed by atoms with Crippen molar-refractivity contribution in [3.63, 3.8) is 0 Å². The zero-order valence-electron chi connectivity index (χ0n) is 20.8. The topological polar surface area (TPSA) is 86.1 Å². The van der Waals surface area contributed by atoms with Gasteiger partial charge in [0.2, 0.25) is 5.91 Å². The van der Waals surface area contributed by atoms with Gasteiger partial charge in [0.1, 0.15) is 29.5 Å². The fourth-order valence-corrected chi connectivity index (χ4v) is 5.09. The summed E-state index contributed by atoms with van der Waals surface area (Å²) in [7, 11) is 0. The predicted molar refractivity (Wildman–Crippen MR) is 138 cm³/mol. The van der Waals surface area contributed by atoms with E-state index in [0.717, 1.165) is 6.20 Å². The van der Waals surface area contributed by atoms with Crippen LogP contribution in [0.4, 0.5) is 8.78 Å². The third-order valence-corrected chi connectivity index (χ3v) is 7.05. The summed E-state index contributed by atoms with van der Waals surface area (Å²) in [5, 5.41) is 7.83. The van der Waals surface area contributed by atoms with Crippen molar-refractivity contribution < 1.29 is 23.1 Å². The lowest BCUT2D eigenvalue weighted by molar-refractivity contribution is -0.127. The highest BCUT2D eigenvalue weighted by atomic mass is 35.5. The van der Waals surface area contributed by atoms with Crippen LogP contribution in [-0.4, -0.2) is 26.5 Å². The van der Waals surface area contributed by atoms with Crippen LogP contribution in [0.15, 0.2) is 48.8 Å². The molecule has 0 bridgehead atoms. The van der Waals surface area contributed by atoms with E-state index in [1.54, 1.807) is 25.1 Å². The highest BCUT2D eigenvalue weighted by Gasteiger charge is 2.29. The Bertz CT molecular complexity index is 1550. The molecule has 1 aliphatic rings. The number of aryl methyl sites for hydroxylation is 1. The van der Waals surface area contributed by atoms with Gasteiger partial charge >= 0.3 is 0 Å². The average Bonchev–Trinajstić information content (AvgIpc) is 3.50. The smallest absolute Gasteiger partial charge is 0.224 e. The minimum Gasteiger partial charge on any atom is -0.487 e. The standard InChI is InChI=1S/C28H25ClF2N4O3/c1-15-8-25(35-13-19(31)12-32-35)21-4-3-5-26(27(21)33-15)38-14-23-22(10-18(30)11-24(23)29)16(2)34-28(37)17-6-7-20(36)9-17/h3-5,8,10-13,16-17H,6-7,9,14H2,1-2H3,(H,34,37)/t16-,17+/m0/s1. The molecule has 4 aromatic rings. The minimum atomic E-state index is -0.570. The molecule has 2 heterocycles. The summed E-state index contributed by atoms with van der Waals surface area (Å²) >= 11 is 6.44. The van der Waals surface area contributed by atoms with Crippen molar-refractivity contribution >= 4 is 34.2 Å². The third-order valence-electron chi connectivity index (χ3n) is 6.72. The molecule has 1 N–H and O–H groups in total. The van der Waals surface area contributed by atoms with Gasteiger partial charge in [-0.1, -0.05) is 23.7 Å². The number of nitrogens with zero attached hydrogens (tertiary/aromatic N) is 3. The number of Topliss-reactive ketones (excluding diaryl/α,β-unsaturated/α-hetero) is 1. The van der Waals surface area contributed by atoms with E-state index < -0.39 is 17.7 Å². The number of nitrogens with one attached hydrogen (secondary N) is 1. The molecule has 1 amide bonds. The number of ketones is 1. The van der Waals surface area contributed by atoms with E-state index in [1.807, 2.05) is 13.0 Å². The summed E-state index contributed by atoms with van der Waals surface area (Å²) in [5.74, 6) is -1.10. The molecular formula is C28H25ClF2N4O3. The highest BCUT2D eigenvalue weighted by Crippen LogP contribution is 2.33. The maximum Gasteiger partial charge on any atom is 0.224 e.